The van der Waals surface area contributed by atoms with Crippen LogP contribution in [0.1, 0.15) is 26.7 Å². The van der Waals surface area contributed by atoms with E-state index in [1.807, 2.05) is 0 Å². The second-order valence-electron chi connectivity index (χ2n) is 3.98. The average molecular weight is 157 g/mol. The van der Waals surface area contributed by atoms with Crippen LogP contribution >= 0.6 is 0 Å². The largest absolute Gasteiger partial charge is 0.392 e. The summed E-state index contributed by atoms with van der Waals surface area (Å²) < 4.78 is 0. The van der Waals surface area contributed by atoms with Crippen molar-refractivity contribution in [2.24, 2.45) is 5.92 Å². The third kappa shape index (κ3) is 2.17. The quantitative estimate of drug-likeness (QED) is 0.616. The van der Waals surface area contributed by atoms with Crippen molar-refractivity contribution in [1.82, 2.24) is 4.90 Å². The van der Waals surface area contributed by atoms with Crippen LogP contribution in [0.5, 0.6) is 0 Å². The van der Waals surface area contributed by atoms with Crippen molar-refractivity contribution in [2.45, 2.75) is 38.8 Å². The van der Waals surface area contributed by atoms with Crippen LogP contribution in [0.25, 0.3) is 0 Å². The van der Waals surface area contributed by atoms with Crippen LogP contribution in [0.2, 0.25) is 0 Å². The van der Waals surface area contributed by atoms with Crippen molar-refractivity contribution >= 4 is 0 Å². The molecule has 66 valence electrons. The first kappa shape index (κ1) is 9.01. The van der Waals surface area contributed by atoms with Gasteiger partial charge in [0.05, 0.1) is 6.10 Å². The minimum absolute atomic E-state index is 0.0880. The summed E-state index contributed by atoms with van der Waals surface area (Å²) in [5.41, 5.74) is 0. The first-order chi connectivity index (χ1) is 5.11. The summed E-state index contributed by atoms with van der Waals surface area (Å²) in [6, 6.07) is 0.679. The Morgan fingerprint density at radius 2 is 2.00 bits per heavy atom. The molecular formula is C9H19NO. The van der Waals surface area contributed by atoms with Crippen molar-refractivity contribution in [3.63, 3.8) is 0 Å². The highest BCUT2D eigenvalue weighted by molar-refractivity contribution is 4.80. The maximum Gasteiger partial charge on any atom is 0.0667 e. The Hall–Kier alpha value is -0.0800. The number of aliphatic hydroxyl groups is 1. The van der Waals surface area contributed by atoms with E-state index in [1.54, 1.807) is 0 Å². The molecule has 1 N–H and O–H groups in total. The van der Waals surface area contributed by atoms with Crippen LogP contribution in [-0.2, 0) is 0 Å². The fourth-order valence-corrected chi connectivity index (χ4v) is 1.98. The molecule has 0 aromatic heterocycles. The molecule has 0 radical (unpaired) electrons. The molecule has 0 aromatic carbocycles. The predicted molar refractivity (Wildman–Crippen MR) is 46.5 cm³/mol. The van der Waals surface area contributed by atoms with E-state index < -0.39 is 0 Å². The summed E-state index contributed by atoms with van der Waals surface area (Å²) in [6.07, 6.45) is 2.04. The number of β-amino-alcohol motifs (C(OH)–C–C–N with tert-alkyl or cyclic N) is 1. The monoisotopic (exact) mass is 157 g/mol. The number of likely N-dealkylation sites (N-methyl/N-ethyl adjacent to an activating group) is 1. The summed E-state index contributed by atoms with van der Waals surface area (Å²) in [7, 11) is 2.10. The lowest BCUT2D eigenvalue weighted by molar-refractivity contribution is 0.0355. The van der Waals surface area contributed by atoms with E-state index >= 15 is 0 Å². The highest BCUT2D eigenvalue weighted by Gasteiger charge is 2.25. The zero-order chi connectivity index (χ0) is 8.43. The molecule has 0 aliphatic carbocycles. The minimum atomic E-state index is -0.0880. The highest BCUT2D eigenvalue weighted by Crippen LogP contribution is 2.21. The Balaban J connectivity index is 2.44. The second-order valence-corrected chi connectivity index (χ2v) is 3.98. The topological polar surface area (TPSA) is 23.5 Å². The molecule has 1 fully saturated rings. The number of nitrogens with zero attached hydrogens (tertiary/aromatic N) is 1. The van der Waals surface area contributed by atoms with Gasteiger partial charge < -0.3 is 10.0 Å². The summed E-state index contributed by atoms with van der Waals surface area (Å²) in [6.45, 7) is 5.35. The zero-order valence-electron chi connectivity index (χ0n) is 7.75. The van der Waals surface area contributed by atoms with Crippen molar-refractivity contribution in [3.05, 3.63) is 0 Å². The summed E-state index contributed by atoms with van der Waals surface area (Å²) in [5, 5.41) is 9.34. The van der Waals surface area contributed by atoms with E-state index in [2.05, 4.69) is 25.8 Å². The third-order valence-corrected chi connectivity index (χ3v) is 2.63. The van der Waals surface area contributed by atoms with Crippen LogP contribution in [0, 0.1) is 5.92 Å². The van der Waals surface area contributed by atoms with E-state index in [4.69, 9.17) is 0 Å². The fraction of sp³-hybridized carbons (Fsp3) is 1.00. The van der Waals surface area contributed by atoms with Crippen LogP contribution in [-0.4, -0.2) is 35.7 Å². The molecular weight excluding hydrogens is 138 g/mol. The number of hydrogen-bond donors (Lipinski definition) is 1. The molecule has 2 heteroatoms. The van der Waals surface area contributed by atoms with Gasteiger partial charge in [-0.05, 0) is 25.8 Å². The first-order valence-corrected chi connectivity index (χ1v) is 4.49. The Labute approximate surface area is 69.2 Å². The number of hydrogen-bond acceptors (Lipinski definition) is 2. The smallest absolute Gasteiger partial charge is 0.0667 e. The molecule has 1 saturated heterocycles. The van der Waals surface area contributed by atoms with Gasteiger partial charge in [-0.3, -0.25) is 0 Å². The molecule has 1 rings (SSSR count). The Kier molecular flexibility index (Phi) is 2.90. The molecule has 0 saturated carbocycles. The maximum absolute atomic E-state index is 9.34. The van der Waals surface area contributed by atoms with Gasteiger partial charge in [0.25, 0.3) is 0 Å². The van der Waals surface area contributed by atoms with Gasteiger partial charge >= 0.3 is 0 Å². The molecule has 1 aliphatic heterocycles. The van der Waals surface area contributed by atoms with E-state index in [-0.39, 0.29) is 6.10 Å². The van der Waals surface area contributed by atoms with Gasteiger partial charge in [-0.25, -0.2) is 0 Å². The zero-order valence-corrected chi connectivity index (χ0v) is 7.75. The fourth-order valence-electron chi connectivity index (χ4n) is 1.98. The van der Waals surface area contributed by atoms with Crippen molar-refractivity contribution < 1.29 is 5.11 Å². The van der Waals surface area contributed by atoms with Crippen LogP contribution in [0.15, 0.2) is 0 Å². The van der Waals surface area contributed by atoms with E-state index in [0.717, 1.165) is 19.4 Å². The Morgan fingerprint density at radius 1 is 1.36 bits per heavy atom. The third-order valence-electron chi connectivity index (χ3n) is 2.63. The average Bonchev–Trinajstić information content (AvgIpc) is 1.85. The van der Waals surface area contributed by atoms with Crippen molar-refractivity contribution in [1.29, 1.82) is 0 Å². The molecule has 2 unspecified atom stereocenters. The highest BCUT2D eigenvalue weighted by atomic mass is 16.3. The molecule has 0 aromatic rings. The van der Waals surface area contributed by atoms with Gasteiger partial charge in [-0.1, -0.05) is 13.8 Å². The number of piperidine rings is 1. The predicted octanol–water partition coefficient (Wildman–Crippen LogP) is 1.10. The summed E-state index contributed by atoms with van der Waals surface area (Å²) in [4.78, 5) is 2.28. The van der Waals surface area contributed by atoms with E-state index in [1.165, 1.54) is 0 Å². The van der Waals surface area contributed by atoms with Gasteiger partial charge in [0.2, 0.25) is 0 Å². The van der Waals surface area contributed by atoms with E-state index in [0.29, 0.717) is 12.0 Å². The number of rotatable bonds is 1. The molecule has 2 atom stereocenters. The Morgan fingerprint density at radius 3 is 2.45 bits per heavy atom. The molecule has 11 heavy (non-hydrogen) atoms. The number of aliphatic hydroxyl groups excluding tert-OH is 1. The van der Waals surface area contributed by atoms with Gasteiger partial charge in [0.15, 0.2) is 0 Å². The molecule has 0 amide bonds. The van der Waals surface area contributed by atoms with Crippen LogP contribution in [0.3, 0.4) is 0 Å². The molecule has 1 heterocycles. The first-order valence-electron chi connectivity index (χ1n) is 4.49. The molecule has 0 bridgehead atoms. The lowest BCUT2D eigenvalue weighted by Crippen LogP contribution is -2.45. The SMILES string of the molecule is CC(C)C1CCC(O)CN1C. The van der Waals surface area contributed by atoms with Crippen LogP contribution < -0.4 is 0 Å². The standard InChI is InChI=1S/C9H19NO/c1-7(2)9-5-4-8(11)6-10(9)3/h7-9,11H,4-6H2,1-3H3. The van der Waals surface area contributed by atoms with Gasteiger partial charge in [-0.15, -0.1) is 0 Å². The van der Waals surface area contributed by atoms with Crippen molar-refractivity contribution in [2.75, 3.05) is 13.6 Å². The second kappa shape index (κ2) is 3.55. The van der Waals surface area contributed by atoms with Crippen molar-refractivity contribution in [3.8, 4) is 0 Å². The molecule has 1 aliphatic rings. The lowest BCUT2D eigenvalue weighted by Gasteiger charge is -2.37. The molecule has 0 spiro atoms. The number of likely N-dealkylation sites (tertiary alicyclic amines) is 1. The normalized spacial score (nSPS) is 34.6. The summed E-state index contributed by atoms with van der Waals surface area (Å²) in [5.74, 6) is 0.715. The Bertz CT molecular complexity index is 125. The molecule has 2 nitrogen and oxygen atoms in total. The van der Waals surface area contributed by atoms with Gasteiger partial charge in [0, 0.05) is 12.6 Å². The van der Waals surface area contributed by atoms with Crippen LogP contribution in [0.4, 0.5) is 0 Å². The minimum Gasteiger partial charge on any atom is -0.392 e. The van der Waals surface area contributed by atoms with Gasteiger partial charge in [0.1, 0.15) is 0 Å². The maximum atomic E-state index is 9.34. The van der Waals surface area contributed by atoms with Gasteiger partial charge in [-0.2, -0.15) is 0 Å². The lowest BCUT2D eigenvalue weighted by atomic mass is 9.92. The summed E-state index contributed by atoms with van der Waals surface area (Å²) >= 11 is 0. The van der Waals surface area contributed by atoms with E-state index in [9.17, 15) is 5.11 Å².